The molecule has 1 atom stereocenters. The highest BCUT2D eigenvalue weighted by molar-refractivity contribution is 7.88. The third kappa shape index (κ3) is 6.87. The third-order valence-corrected chi connectivity index (χ3v) is 5.62. The number of hydrogen-bond donors (Lipinski definition) is 0. The van der Waals surface area contributed by atoms with Crippen molar-refractivity contribution in [3.8, 4) is 16.9 Å². The van der Waals surface area contributed by atoms with Crippen LogP contribution in [0.25, 0.3) is 11.1 Å². The van der Waals surface area contributed by atoms with Gasteiger partial charge in [-0.1, -0.05) is 32.0 Å². The molecule has 5 nitrogen and oxygen atoms in total. The number of alkyl halides is 6. The minimum Gasteiger partial charge on any atom is -0.466 e. The molecule has 34 heavy (non-hydrogen) atoms. The molecule has 0 fully saturated rings. The molecule has 0 aliphatic heterocycles. The summed E-state index contributed by atoms with van der Waals surface area (Å²) in [5, 5.41) is 0. The first-order valence-corrected chi connectivity index (χ1v) is 11.5. The molecule has 0 saturated carbocycles. The van der Waals surface area contributed by atoms with Gasteiger partial charge in [-0.25, -0.2) is 0 Å². The summed E-state index contributed by atoms with van der Waals surface area (Å²) in [6, 6.07) is 6.98. The fourth-order valence-electron chi connectivity index (χ4n) is 3.15. The summed E-state index contributed by atoms with van der Waals surface area (Å²) >= 11 is 0. The van der Waals surface area contributed by atoms with E-state index in [1.807, 2.05) is 0 Å². The summed E-state index contributed by atoms with van der Waals surface area (Å²) in [7, 11) is -6.04. The van der Waals surface area contributed by atoms with E-state index >= 15 is 0 Å². The molecule has 2 aromatic carbocycles. The van der Waals surface area contributed by atoms with Gasteiger partial charge in [-0.3, -0.25) is 4.79 Å². The standard InChI is InChI=1S/C22H22F6O5S/c1-4-32-20(29)19(9-13(2)3)16-10-15(14-5-7-17(8-6-14)21(23,24)25)11-18(12-16)33-34(30,31)22(26,27)28/h5-8,10-13,19H,4,9H2,1-3H3. The monoisotopic (exact) mass is 512 g/mol. The number of carbonyl (C=O) groups is 1. The van der Waals surface area contributed by atoms with Crippen LogP contribution in [-0.2, 0) is 25.8 Å². The van der Waals surface area contributed by atoms with E-state index in [4.69, 9.17) is 4.74 Å². The molecule has 1 unspecified atom stereocenters. The van der Waals surface area contributed by atoms with Crippen molar-refractivity contribution < 1.29 is 48.5 Å². The highest BCUT2D eigenvalue weighted by atomic mass is 32.2. The second kappa shape index (κ2) is 10.2. The predicted octanol–water partition coefficient (Wildman–Crippen LogP) is 6.29. The number of rotatable bonds is 8. The highest BCUT2D eigenvalue weighted by Crippen LogP contribution is 2.37. The Bertz CT molecular complexity index is 1110. The van der Waals surface area contributed by atoms with Crippen molar-refractivity contribution in [1.29, 1.82) is 0 Å². The van der Waals surface area contributed by atoms with Gasteiger partial charge in [-0.2, -0.15) is 34.8 Å². The van der Waals surface area contributed by atoms with Crippen LogP contribution in [0.2, 0.25) is 0 Å². The Morgan fingerprint density at radius 3 is 2.00 bits per heavy atom. The Labute approximate surface area is 192 Å². The van der Waals surface area contributed by atoms with Gasteiger partial charge in [-0.15, -0.1) is 0 Å². The lowest BCUT2D eigenvalue weighted by atomic mass is 9.88. The molecule has 0 heterocycles. The smallest absolute Gasteiger partial charge is 0.466 e. The molecule has 0 N–H and O–H groups in total. The minimum absolute atomic E-state index is 0.0256. The summed E-state index contributed by atoms with van der Waals surface area (Å²) in [4.78, 5) is 12.6. The second-order valence-electron chi connectivity index (χ2n) is 7.78. The van der Waals surface area contributed by atoms with Crippen LogP contribution in [-0.4, -0.2) is 26.5 Å². The molecule has 0 aliphatic carbocycles. The Morgan fingerprint density at radius 1 is 0.941 bits per heavy atom. The van der Waals surface area contributed by atoms with E-state index in [2.05, 4.69) is 4.18 Å². The zero-order valence-electron chi connectivity index (χ0n) is 18.3. The maximum absolute atomic E-state index is 12.9. The third-order valence-electron chi connectivity index (χ3n) is 4.64. The van der Waals surface area contributed by atoms with Crippen molar-refractivity contribution >= 4 is 16.1 Å². The van der Waals surface area contributed by atoms with Gasteiger partial charge >= 0.3 is 27.8 Å². The number of ether oxygens (including phenoxy) is 1. The topological polar surface area (TPSA) is 69.7 Å². The molecule has 0 amide bonds. The van der Waals surface area contributed by atoms with E-state index in [-0.39, 0.29) is 35.6 Å². The van der Waals surface area contributed by atoms with Crippen LogP contribution in [0.3, 0.4) is 0 Å². The van der Waals surface area contributed by atoms with Gasteiger partial charge < -0.3 is 8.92 Å². The maximum Gasteiger partial charge on any atom is 0.534 e. The lowest BCUT2D eigenvalue weighted by Crippen LogP contribution is -2.28. The summed E-state index contributed by atoms with van der Waals surface area (Å²) in [5.74, 6) is -2.48. The van der Waals surface area contributed by atoms with E-state index in [1.165, 1.54) is 6.07 Å². The minimum atomic E-state index is -6.04. The van der Waals surface area contributed by atoms with Crippen LogP contribution < -0.4 is 4.18 Å². The van der Waals surface area contributed by atoms with Gasteiger partial charge in [0.15, 0.2) is 0 Å². The summed E-state index contributed by atoms with van der Waals surface area (Å²) in [5.41, 5.74) is -6.38. The molecule has 2 aromatic rings. The van der Waals surface area contributed by atoms with Crippen LogP contribution in [0, 0.1) is 5.92 Å². The number of esters is 1. The van der Waals surface area contributed by atoms with Crippen molar-refractivity contribution in [2.45, 2.75) is 44.8 Å². The molecule has 12 heteroatoms. The van der Waals surface area contributed by atoms with Crippen LogP contribution in [0.5, 0.6) is 5.75 Å². The van der Waals surface area contributed by atoms with E-state index in [9.17, 15) is 39.6 Å². The number of halogens is 6. The van der Waals surface area contributed by atoms with Gasteiger partial charge in [0.25, 0.3) is 0 Å². The largest absolute Gasteiger partial charge is 0.534 e. The molecule has 0 bridgehead atoms. The fraction of sp³-hybridized carbons (Fsp3) is 0.409. The van der Waals surface area contributed by atoms with Gasteiger partial charge in [0.2, 0.25) is 0 Å². The molecule has 0 aromatic heterocycles. The van der Waals surface area contributed by atoms with Crippen LogP contribution >= 0.6 is 0 Å². The van der Waals surface area contributed by atoms with Crippen LogP contribution in [0.1, 0.15) is 44.2 Å². The zero-order chi connectivity index (χ0) is 25.9. The van der Waals surface area contributed by atoms with E-state index in [1.54, 1.807) is 20.8 Å². The zero-order valence-corrected chi connectivity index (χ0v) is 19.1. The first kappa shape index (κ1) is 27.5. The van der Waals surface area contributed by atoms with Gasteiger partial charge in [0.05, 0.1) is 18.1 Å². The van der Waals surface area contributed by atoms with Crippen molar-refractivity contribution in [3.63, 3.8) is 0 Å². The average molecular weight is 512 g/mol. The molecule has 2 rings (SSSR count). The first-order valence-electron chi connectivity index (χ1n) is 10.0. The number of benzene rings is 2. The molecule has 0 radical (unpaired) electrons. The summed E-state index contributed by atoms with van der Waals surface area (Å²) in [6.07, 6.45) is -4.40. The van der Waals surface area contributed by atoms with Crippen molar-refractivity contribution in [2.24, 2.45) is 5.92 Å². The molecule has 188 valence electrons. The molecule has 0 spiro atoms. The van der Waals surface area contributed by atoms with Crippen molar-refractivity contribution in [3.05, 3.63) is 53.6 Å². The number of carbonyl (C=O) groups excluding carboxylic acids is 1. The lowest BCUT2D eigenvalue weighted by Gasteiger charge is -2.20. The molecular weight excluding hydrogens is 490 g/mol. The Hall–Kier alpha value is -2.76. The maximum atomic E-state index is 12.9. The molecule has 0 aliphatic rings. The summed E-state index contributed by atoms with van der Waals surface area (Å²) in [6.45, 7) is 5.17. The SMILES string of the molecule is CCOC(=O)C(CC(C)C)c1cc(OS(=O)(=O)C(F)(F)F)cc(-c2ccc(C(F)(F)F)cc2)c1. The Balaban J connectivity index is 2.66. The van der Waals surface area contributed by atoms with Gasteiger partial charge in [0.1, 0.15) is 5.75 Å². The van der Waals surface area contributed by atoms with Crippen LogP contribution in [0.15, 0.2) is 42.5 Å². The van der Waals surface area contributed by atoms with E-state index in [0.29, 0.717) is 0 Å². The van der Waals surface area contributed by atoms with E-state index < -0.39 is 45.0 Å². The second-order valence-corrected chi connectivity index (χ2v) is 9.32. The number of hydrogen-bond acceptors (Lipinski definition) is 5. The summed E-state index contributed by atoms with van der Waals surface area (Å²) < 4.78 is 110. The Kier molecular flexibility index (Phi) is 8.28. The van der Waals surface area contributed by atoms with Crippen molar-refractivity contribution in [1.82, 2.24) is 0 Å². The highest BCUT2D eigenvalue weighted by Gasteiger charge is 2.48. The van der Waals surface area contributed by atoms with Crippen molar-refractivity contribution in [2.75, 3.05) is 6.61 Å². The fourth-order valence-corrected chi connectivity index (χ4v) is 3.59. The van der Waals surface area contributed by atoms with E-state index in [0.717, 1.165) is 36.4 Å². The normalized spacial score (nSPS) is 13.6. The Morgan fingerprint density at radius 2 is 1.53 bits per heavy atom. The van der Waals surface area contributed by atoms with Gasteiger partial charge in [0, 0.05) is 0 Å². The lowest BCUT2D eigenvalue weighted by molar-refractivity contribution is -0.145. The first-order chi connectivity index (χ1) is 15.5. The quantitative estimate of drug-likeness (QED) is 0.180. The molecule has 0 saturated heterocycles. The van der Waals surface area contributed by atoms with Gasteiger partial charge in [-0.05, 0) is 60.2 Å². The predicted molar refractivity (Wildman–Crippen MR) is 111 cm³/mol. The molecular formula is C22H22F6O5S. The van der Waals surface area contributed by atoms with Crippen LogP contribution in [0.4, 0.5) is 26.3 Å². The average Bonchev–Trinajstić information content (AvgIpc) is 2.70.